The monoisotopic (exact) mass is 492 g/mol. The van der Waals surface area contributed by atoms with Gasteiger partial charge in [0.25, 0.3) is 5.69 Å². The summed E-state index contributed by atoms with van der Waals surface area (Å²) in [6.45, 7) is 4.13. The Bertz CT molecular complexity index is 1190. The number of thioether (sulfide) groups is 1. The van der Waals surface area contributed by atoms with Crippen LogP contribution in [0.15, 0.2) is 77.1 Å². The fraction of sp³-hybridized carbons (Fsp3) is 0.333. The molecule has 2 aliphatic rings. The topological polar surface area (TPSA) is 98.5 Å². The molecule has 0 bridgehead atoms. The van der Waals surface area contributed by atoms with Crippen LogP contribution in [0, 0.1) is 10.1 Å². The van der Waals surface area contributed by atoms with E-state index in [1.165, 1.54) is 12.1 Å². The van der Waals surface area contributed by atoms with Gasteiger partial charge < -0.3 is 10.1 Å². The SMILES string of the molecule is CCSCCOC(=O)C1=C(C)NC2=C(C(=O)CC(c3ccccc3)C2)C1c1ccc([N+](=O)[O-])cc1. The summed E-state index contributed by atoms with van der Waals surface area (Å²) in [5, 5.41) is 14.5. The van der Waals surface area contributed by atoms with Gasteiger partial charge >= 0.3 is 5.97 Å². The second-order valence-corrected chi connectivity index (χ2v) is 10.0. The van der Waals surface area contributed by atoms with Crippen LogP contribution in [0.1, 0.15) is 49.7 Å². The first-order chi connectivity index (χ1) is 16.9. The molecule has 2 atom stereocenters. The molecule has 0 saturated carbocycles. The van der Waals surface area contributed by atoms with Gasteiger partial charge in [-0.3, -0.25) is 14.9 Å². The highest BCUT2D eigenvalue weighted by Crippen LogP contribution is 2.45. The molecular weight excluding hydrogens is 464 g/mol. The standard InChI is InChI=1S/C27H28N2O5S/c1-3-35-14-13-34-27(31)24-17(2)28-22-15-20(18-7-5-4-6-8-18)16-23(30)26(22)25(24)19-9-11-21(12-10-19)29(32)33/h4-12,20,25,28H,3,13-16H2,1-2H3. The molecule has 35 heavy (non-hydrogen) atoms. The van der Waals surface area contributed by atoms with Crippen molar-refractivity contribution in [2.45, 2.75) is 38.5 Å². The van der Waals surface area contributed by atoms with E-state index in [4.69, 9.17) is 4.74 Å². The summed E-state index contributed by atoms with van der Waals surface area (Å²) in [4.78, 5) is 37.5. The Hall–Kier alpha value is -3.39. The van der Waals surface area contributed by atoms with Gasteiger partial charge in [0, 0.05) is 47.2 Å². The van der Waals surface area contributed by atoms with E-state index in [-0.39, 0.29) is 24.0 Å². The van der Waals surface area contributed by atoms with Crippen LogP contribution in [0.25, 0.3) is 0 Å². The van der Waals surface area contributed by atoms with Crippen LogP contribution in [0.3, 0.4) is 0 Å². The van der Waals surface area contributed by atoms with E-state index in [1.54, 1.807) is 23.9 Å². The number of allylic oxidation sites excluding steroid dienone is 3. The van der Waals surface area contributed by atoms with Crippen molar-refractivity contribution in [1.29, 1.82) is 0 Å². The first-order valence-electron chi connectivity index (χ1n) is 11.7. The lowest BCUT2D eigenvalue weighted by atomic mass is 9.71. The van der Waals surface area contributed by atoms with Gasteiger partial charge in [0.1, 0.15) is 6.61 Å². The van der Waals surface area contributed by atoms with Crippen molar-refractivity contribution in [2.75, 3.05) is 18.1 Å². The van der Waals surface area contributed by atoms with Gasteiger partial charge in [-0.25, -0.2) is 4.79 Å². The van der Waals surface area contributed by atoms with E-state index in [0.29, 0.717) is 41.0 Å². The minimum absolute atomic E-state index is 0.0321. The number of benzene rings is 2. The van der Waals surface area contributed by atoms with Gasteiger partial charge in [-0.15, -0.1) is 0 Å². The van der Waals surface area contributed by atoms with Gasteiger partial charge in [0.2, 0.25) is 0 Å². The molecule has 182 valence electrons. The van der Waals surface area contributed by atoms with Crippen molar-refractivity contribution >= 4 is 29.2 Å². The number of carbonyl (C=O) groups excluding carboxylic acids is 2. The van der Waals surface area contributed by atoms with E-state index in [0.717, 1.165) is 17.0 Å². The number of Topliss-reactive ketones (excluding diaryl/α,β-unsaturated/α-hetero) is 1. The number of nitrogens with one attached hydrogen (secondary N) is 1. The molecule has 8 heteroatoms. The molecule has 0 amide bonds. The number of hydrogen-bond acceptors (Lipinski definition) is 7. The second-order valence-electron chi connectivity index (χ2n) is 8.61. The highest BCUT2D eigenvalue weighted by molar-refractivity contribution is 7.99. The highest BCUT2D eigenvalue weighted by Gasteiger charge is 2.41. The van der Waals surface area contributed by atoms with Gasteiger partial charge in [-0.2, -0.15) is 11.8 Å². The third-order valence-electron chi connectivity index (χ3n) is 6.42. The zero-order valence-electron chi connectivity index (χ0n) is 19.8. The number of carbonyl (C=O) groups is 2. The molecule has 1 aliphatic heterocycles. The van der Waals surface area contributed by atoms with Crippen LogP contribution in [0.2, 0.25) is 0 Å². The van der Waals surface area contributed by atoms with Gasteiger partial charge in [-0.05, 0) is 36.1 Å². The maximum Gasteiger partial charge on any atom is 0.336 e. The molecule has 2 unspecified atom stereocenters. The number of ether oxygens (including phenoxy) is 1. The summed E-state index contributed by atoms with van der Waals surface area (Å²) in [6, 6.07) is 16.0. The predicted octanol–water partition coefficient (Wildman–Crippen LogP) is 5.25. The summed E-state index contributed by atoms with van der Waals surface area (Å²) in [5.74, 6) is 0.521. The molecule has 0 radical (unpaired) electrons. The lowest BCUT2D eigenvalue weighted by molar-refractivity contribution is -0.384. The van der Waals surface area contributed by atoms with Gasteiger partial charge in [0.15, 0.2) is 5.78 Å². The highest BCUT2D eigenvalue weighted by atomic mass is 32.2. The van der Waals surface area contributed by atoms with Crippen molar-refractivity contribution in [3.8, 4) is 0 Å². The van der Waals surface area contributed by atoms with Gasteiger partial charge in [0.05, 0.1) is 10.5 Å². The van der Waals surface area contributed by atoms with Crippen LogP contribution >= 0.6 is 11.8 Å². The average Bonchev–Trinajstić information content (AvgIpc) is 2.86. The van der Waals surface area contributed by atoms with E-state index < -0.39 is 16.8 Å². The first kappa shape index (κ1) is 24.7. The molecule has 2 aromatic carbocycles. The molecular formula is C27H28N2O5S. The third-order valence-corrected chi connectivity index (χ3v) is 7.28. The van der Waals surface area contributed by atoms with E-state index in [9.17, 15) is 19.7 Å². The summed E-state index contributed by atoms with van der Waals surface area (Å²) in [5.41, 5.74) is 4.08. The quantitative estimate of drug-likeness (QED) is 0.232. The molecule has 1 heterocycles. The number of dihydropyridines is 1. The maximum absolute atomic E-state index is 13.6. The number of nitrogens with zero attached hydrogens (tertiary/aromatic N) is 1. The van der Waals surface area contributed by atoms with Crippen LogP contribution in [-0.2, 0) is 14.3 Å². The van der Waals surface area contributed by atoms with Crippen LogP contribution in [-0.4, -0.2) is 34.8 Å². The van der Waals surface area contributed by atoms with Gasteiger partial charge in [-0.1, -0.05) is 49.4 Å². The number of rotatable bonds is 8. The molecule has 0 aromatic heterocycles. The van der Waals surface area contributed by atoms with Crippen molar-refractivity contribution in [3.05, 3.63) is 98.4 Å². The number of esters is 1. The van der Waals surface area contributed by atoms with Crippen molar-refractivity contribution in [3.63, 3.8) is 0 Å². The molecule has 4 rings (SSSR count). The summed E-state index contributed by atoms with van der Waals surface area (Å²) in [7, 11) is 0. The fourth-order valence-electron chi connectivity index (χ4n) is 4.81. The number of nitro groups is 1. The fourth-order valence-corrected chi connectivity index (χ4v) is 5.30. The van der Waals surface area contributed by atoms with E-state index in [2.05, 4.69) is 5.32 Å². The van der Waals surface area contributed by atoms with Crippen molar-refractivity contribution in [2.24, 2.45) is 0 Å². The zero-order chi connectivity index (χ0) is 24.9. The lowest BCUT2D eigenvalue weighted by Crippen LogP contribution is -2.36. The van der Waals surface area contributed by atoms with E-state index >= 15 is 0 Å². The molecule has 2 aromatic rings. The smallest absolute Gasteiger partial charge is 0.336 e. The van der Waals surface area contributed by atoms with Crippen molar-refractivity contribution < 1.29 is 19.2 Å². The average molecular weight is 493 g/mol. The summed E-state index contributed by atoms with van der Waals surface area (Å²) in [6.07, 6.45) is 0.976. The third kappa shape index (κ3) is 5.32. The zero-order valence-corrected chi connectivity index (χ0v) is 20.6. The first-order valence-corrected chi connectivity index (χ1v) is 12.8. The second kappa shape index (κ2) is 10.9. The molecule has 0 spiro atoms. The Morgan fingerprint density at radius 1 is 1.11 bits per heavy atom. The molecule has 1 aliphatic carbocycles. The Labute approximate surface area is 208 Å². The minimum Gasteiger partial charge on any atom is -0.461 e. The Morgan fingerprint density at radius 3 is 2.49 bits per heavy atom. The number of nitro benzene ring substituents is 1. The summed E-state index contributed by atoms with van der Waals surface area (Å²) < 4.78 is 5.57. The molecule has 1 N–H and O–H groups in total. The normalized spacial score (nSPS) is 19.8. The Kier molecular flexibility index (Phi) is 7.70. The predicted molar refractivity (Wildman–Crippen MR) is 136 cm³/mol. The lowest BCUT2D eigenvalue weighted by Gasteiger charge is -2.36. The molecule has 7 nitrogen and oxygen atoms in total. The van der Waals surface area contributed by atoms with Crippen molar-refractivity contribution in [1.82, 2.24) is 5.32 Å². The number of non-ortho nitro benzene ring substituents is 1. The number of hydrogen-bond donors (Lipinski definition) is 1. The Morgan fingerprint density at radius 2 is 1.83 bits per heavy atom. The Balaban J connectivity index is 1.72. The maximum atomic E-state index is 13.6. The molecule has 0 saturated heterocycles. The van der Waals surface area contributed by atoms with Crippen LogP contribution in [0.4, 0.5) is 5.69 Å². The number of ketones is 1. The van der Waals surface area contributed by atoms with E-state index in [1.807, 2.05) is 44.2 Å². The largest absolute Gasteiger partial charge is 0.461 e. The summed E-state index contributed by atoms with van der Waals surface area (Å²) >= 11 is 1.68. The van der Waals surface area contributed by atoms with Crippen LogP contribution < -0.4 is 5.32 Å². The van der Waals surface area contributed by atoms with Crippen LogP contribution in [0.5, 0.6) is 0 Å². The molecule has 0 fully saturated rings. The minimum atomic E-state index is -0.636.